The largest absolute Gasteiger partial charge is 0.373 e. The van der Waals surface area contributed by atoms with E-state index in [4.69, 9.17) is 16.2 Å². The van der Waals surface area contributed by atoms with Crippen molar-refractivity contribution in [1.82, 2.24) is 0 Å². The zero-order valence-corrected chi connectivity index (χ0v) is 10.2. The van der Waals surface area contributed by atoms with E-state index in [1.165, 1.54) is 5.56 Å². The van der Waals surface area contributed by atoms with Crippen molar-refractivity contribution < 1.29 is 4.74 Å². The molecule has 1 rings (SSSR count). The summed E-state index contributed by atoms with van der Waals surface area (Å²) in [5, 5.41) is 0. The minimum atomic E-state index is -0.426. The Kier molecular flexibility index (Phi) is 6.25. The molecule has 3 nitrogen and oxygen atoms in total. The summed E-state index contributed by atoms with van der Waals surface area (Å²) in [5.41, 5.74) is 13.2. The molecule has 0 aliphatic rings. The first-order valence-corrected chi connectivity index (χ1v) is 5.69. The van der Waals surface area contributed by atoms with Crippen molar-refractivity contribution in [3.63, 3.8) is 0 Å². The number of benzene rings is 1. The highest BCUT2D eigenvalue weighted by Gasteiger charge is 1.96. The lowest BCUT2D eigenvalue weighted by molar-refractivity contribution is 0.148. The fourth-order valence-corrected chi connectivity index (χ4v) is 1.40. The van der Waals surface area contributed by atoms with Crippen LogP contribution in [0.5, 0.6) is 0 Å². The third-order valence-electron chi connectivity index (χ3n) is 2.35. The molecular weight excluding hydrogens is 212 g/mol. The van der Waals surface area contributed by atoms with Crippen LogP contribution in [0.3, 0.4) is 0 Å². The molecule has 17 heavy (non-hydrogen) atoms. The first-order chi connectivity index (χ1) is 8.24. The number of nitrogens with two attached hydrogens (primary N) is 2. The van der Waals surface area contributed by atoms with Gasteiger partial charge < -0.3 is 16.2 Å². The molecule has 3 heteroatoms. The van der Waals surface area contributed by atoms with Crippen molar-refractivity contribution >= 4 is 0 Å². The molecular formula is C14H20N2O. The Morgan fingerprint density at radius 1 is 1.29 bits per heavy atom. The van der Waals surface area contributed by atoms with Gasteiger partial charge in [0.1, 0.15) is 0 Å². The lowest BCUT2D eigenvalue weighted by Gasteiger charge is -2.05. The predicted molar refractivity (Wildman–Crippen MR) is 71.2 cm³/mol. The summed E-state index contributed by atoms with van der Waals surface area (Å²) in [7, 11) is 0. The Morgan fingerprint density at radius 2 is 2.00 bits per heavy atom. The molecule has 1 aromatic carbocycles. The van der Waals surface area contributed by atoms with Crippen LogP contribution >= 0.6 is 0 Å². The highest BCUT2D eigenvalue weighted by molar-refractivity contribution is 5.22. The molecule has 0 aliphatic heterocycles. The summed E-state index contributed by atoms with van der Waals surface area (Å²) < 4.78 is 5.50. The second-order valence-electron chi connectivity index (χ2n) is 3.72. The van der Waals surface area contributed by atoms with E-state index in [2.05, 4.69) is 0 Å². The topological polar surface area (TPSA) is 61.3 Å². The molecule has 0 radical (unpaired) electrons. The summed E-state index contributed by atoms with van der Waals surface area (Å²) in [5.74, 6) is 0. The third kappa shape index (κ3) is 5.45. The van der Waals surface area contributed by atoms with E-state index in [-0.39, 0.29) is 0 Å². The molecule has 0 atom stereocenters. The summed E-state index contributed by atoms with van der Waals surface area (Å²) >= 11 is 0. The summed E-state index contributed by atoms with van der Waals surface area (Å²) in [4.78, 5) is 0. The smallest absolute Gasteiger partial charge is 0.0781 e. The lowest BCUT2D eigenvalue weighted by atomic mass is 10.2. The van der Waals surface area contributed by atoms with Crippen LogP contribution in [-0.2, 0) is 11.3 Å². The molecule has 0 heterocycles. The lowest BCUT2D eigenvalue weighted by Crippen LogP contribution is -2.31. The molecule has 0 bridgehead atoms. The summed E-state index contributed by atoms with van der Waals surface area (Å²) in [6.45, 7) is 3.08. The fourth-order valence-electron chi connectivity index (χ4n) is 1.40. The SMILES string of the molecule is C/C=C(\C=C/COCc1ccccc1)C(N)N. The van der Waals surface area contributed by atoms with E-state index in [1.807, 2.05) is 55.5 Å². The minimum absolute atomic E-state index is 0.426. The van der Waals surface area contributed by atoms with Gasteiger partial charge >= 0.3 is 0 Å². The van der Waals surface area contributed by atoms with Gasteiger partial charge in [-0.2, -0.15) is 0 Å². The molecule has 0 fully saturated rings. The van der Waals surface area contributed by atoms with Gasteiger partial charge in [0.2, 0.25) is 0 Å². The van der Waals surface area contributed by atoms with Gasteiger partial charge in [-0.05, 0) is 18.1 Å². The highest BCUT2D eigenvalue weighted by atomic mass is 16.5. The number of allylic oxidation sites excluding steroid dienone is 1. The molecule has 0 saturated carbocycles. The van der Waals surface area contributed by atoms with Crippen LogP contribution in [0.15, 0.2) is 54.1 Å². The fraction of sp³-hybridized carbons (Fsp3) is 0.286. The third-order valence-corrected chi connectivity index (χ3v) is 2.35. The van der Waals surface area contributed by atoms with Crippen molar-refractivity contribution in [3.8, 4) is 0 Å². The van der Waals surface area contributed by atoms with Crippen LogP contribution in [0, 0.1) is 0 Å². The number of hydrogen-bond acceptors (Lipinski definition) is 3. The van der Waals surface area contributed by atoms with Crippen LogP contribution < -0.4 is 11.5 Å². The molecule has 4 N–H and O–H groups in total. The van der Waals surface area contributed by atoms with Gasteiger partial charge in [-0.1, -0.05) is 48.6 Å². The Labute approximate surface area is 103 Å². The molecule has 0 aliphatic carbocycles. The normalized spacial score (nSPS) is 12.6. The molecule has 92 valence electrons. The van der Waals surface area contributed by atoms with Crippen LogP contribution in [0.1, 0.15) is 12.5 Å². The summed E-state index contributed by atoms with van der Waals surface area (Å²) in [6.07, 6.45) is 5.30. The molecule has 0 aromatic heterocycles. The van der Waals surface area contributed by atoms with Gasteiger partial charge in [0.15, 0.2) is 0 Å². The van der Waals surface area contributed by atoms with Gasteiger partial charge in [0.25, 0.3) is 0 Å². The summed E-state index contributed by atoms with van der Waals surface area (Å²) in [6, 6.07) is 10.1. The van der Waals surface area contributed by atoms with Gasteiger partial charge in [0, 0.05) is 0 Å². The van der Waals surface area contributed by atoms with Crippen LogP contribution in [0.25, 0.3) is 0 Å². The van der Waals surface area contributed by atoms with Crippen molar-refractivity contribution in [2.24, 2.45) is 11.5 Å². The van der Waals surface area contributed by atoms with E-state index >= 15 is 0 Å². The Balaban J connectivity index is 2.27. The Bertz CT molecular complexity index is 369. The maximum Gasteiger partial charge on any atom is 0.0781 e. The van der Waals surface area contributed by atoms with Crippen molar-refractivity contribution in [2.45, 2.75) is 19.7 Å². The molecule has 0 unspecified atom stereocenters. The minimum Gasteiger partial charge on any atom is -0.373 e. The monoisotopic (exact) mass is 232 g/mol. The van der Waals surface area contributed by atoms with E-state index in [1.54, 1.807) is 0 Å². The van der Waals surface area contributed by atoms with Gasteiger partial charge in [-0.15, -0.1) is 0 Å². The van der Waals surface area contributed by atoms with Gasteiger partial charge in [-0.3, -0.25) is 0 Å². The maximum absolute atomic E-state index is 5.57. The first-order valence-electron chi connectivity index (χ1n) is 5.69. The van der Waals surface area contributed by atoms with E-state index in [0.717, 1.165) is 5.57 Å². The van der Waals surface area contributed by atoms with E-state index in [9.17, 15) is 0 Å². The number of hydrogen-bond donors (Lipinski definition) is 2. The van der Waals surface area contributed by atoms with E-state index < -0.39 is 6.17 Å². The Hall–Kier alpha value is -1.42. The van der Waals surface area contributed by atoms with Crippen molar-refractivity contribution in [1.29, 1.82) is 0 Å². The van der Waals surface area contributed by atoms with Crippen LogP contribution in [0.4, 0.5) is 0 Å². The van der Waals surface area contributed by atoms with Gasteiger partial charge in [0.05, 0.1) is 19.4 Å². The van der Waals surface area contributed by atoms with E-state index in [0.29, 0.717) is 13.2 Å². The zero-order chi connectivity index (χ0) is 12.5. The zero-order valence-electron chi connectivity index (χ0n) is 10.2. The molecule has 1 aromatic rings. The second-order valence-corrected chi connectivity index (χ2v) is 3.72. The van der Waals surface area contributed by atoms with Crippen LogP contribution in [-0.4, -0.2) is 12.8 Å². The highest BCUT2D eigenvalue weighted by Crippen LogP contribution is 2.01. The quantitative estimate of drug-likeness (QED) is 0.447. The molecule has 0 amide bonds. The average molecular weight is 232 g/mol. The number of rotatable bonds is 6. The molecule has 0 spiro atoms. The first kappa shape index (κ1) is 13.6. The van der Waals surface area contributed by atoms with Crippen molar-refractivity contribution in [2.75, 3.05) is 6.61 Å². The second kappa shape index (κ2) is 7.79. The van der Waals surface area contributed by atoms with Crippen LogP contribution in [0.2, 0.25) is 0 Å². The van der Waals surface area contributed by atoms with Crippen molar-refractivity contribution in [3.05, 3.63) is 59.7 Å². The molecule has 0 saturated heterocycles. The Morgan fingerprint density at radius 3 is 2.59 bits per heavy atom. The van der Waals surface area contributed by atoms with Gasteiger partial charge in [-0.25, -0.2) is 0 Å². The maximum atomic E-state index is 5.57. The predicted octanol–water partition coefficient (Wildman–Crippen LogP) is 1.95. The number of ether oxygens (including phenoxy) is 1. The average Bonchev–Trinajstić information content (AvgIpc) is 2.34. The standard InChI is InChI=1S/C14H20N2O/c1-2-13(14(15)16)9-6-10-17-11-12-7-4-3-5-8-12/h2-9,14H,10-11,15-16H2,1H3/b9-6-,13-2+.